The average molecular weight is 304 g/mol. The van der Waals surface area contributed by atoms with E-state index >= 15 is 0 Å². The minimum absolute atomic E-state index is 0.0333. The molecule has 0 atom stereocenters. The fraction of sp³-hybridized carbons (Fsp3) is 0.286. The van der Waals surface area contributed by atoms with E-state index in [1.165, 1.54) is 11.8 Å². The lowest BCUT2D eigenvalue weighted by atomic mass is 10.2. The normalized spacial score (nSPS) is 10.3. The van der Waals surface area contributed by atoms with Crippen molar-refractivity contribution in [1.82, 2.24) is 15.0 Å². The van der Waals surface area contributed by atoms with Crippen LogP contribution in [0.1, 0.15) is 34.2 Å². The van der Waals surface area contributed by atoms with Crippen LogP contribution in [0.15, 0.2) is 24.3 Å². The first-order valence-corrected chi connectivity index (χ1v) is 6.65. The monoisotopic (exact) mass is 304 g/mol. The van der Waals surface area contributed by atoms with Gasteiger partial charge in [-0.05, 0) is 24.6 Å². The summed E-state index contributed by atoms with van der Waals surface area (Å²) in [5.41, 5.74) is 6.61. The first-order chi connectivity index (χ1) is 10.6. The number of esters is 2. The third-order valence-corrected chi connectivity index (χ3v) is 2.85. The van der Waals surface area contributed by atoms with Crippen molar-refractivity contribution in [3.63, 3.8) is 0 Å². The Kier molecular flexibility index (Phi) is 4.72. The summed E-state index contributed by atoms with van der Waals surface area (Å²) in [6, 6.07) is 6.53. The third-order valence-electron chi connectivity index (χ3n) is 2.85. The number of nitrogens with two attached hydrogens (primary N) is 1. The lowest BCUT2D eigenvalue weighted by Crippen LogP contribution is -2.09. The summed E-state index contributed by atoms with van der Waals surface area (Å²) in [7, 11) is 1.23. The van der Waals surface area contributed by atoms with Crippen LogP contribution < -0.4 is 5.73 Å². The molecule has 0 bridgehead atoms. The molecule has 0 spiro atoms. The van der Waals surface area contributed by atoms with Crippen LogP contribution >= 0.6 is 0 Å². The molecule has 0 radical (unpaired) electrons. The molecule has 2 rings (SSSR count). The molecule has 0 amide bonds. The van der Waals surface area contributed by atoms with Crippen molar-refractivity contribution < 1.29 is 19.1 Å². The quantitative estimate of drug-likeness (QED) is 0.826. The van der Waals surface area contributed by atoms with Crippen LogP contribution in [0, 0.1) is 0 Å². The summed E-state index contributed by atoms with van der Waals surface area (Å²) in [5, 5.41) is 7.49. The molecule has 0 aliphatic heterocycles. The molecule has 1 heterocycles. The number of carbonyl (C=O) groups excluding carboxylic acids is 2. The van der Waals surface area contributed by atoms with Gasteiger partial charge in [0.1, 0.15) is 0 Å². The van der Waals surface area contributed by atoms with Gasteiger partial charge < -0.3 is 15.2 Å². The second-order valence-electron chi connectivity index (χ2n) is 4.41. The molecule has 2 aromatic rings. The molecule has 8 nitrogen and oxygen atoms in total. The molecular weight excluding hydrogens is 288 g/mol. The van der Waals surface area contributed by atoms with Crippen LogP contribution in [-0.4, -0.2) is 40.6 Å². The Hall–Kier alpha value is -2.90. The van der Waals surface area contributed by atoms with Gasteiger partial charge in [0.25, 0.3) is 0 Å². The predicted molar refractivity (Wildman–Crippen MR) is 77.7 cm³/mol. The standard InChI is InChI=1S/C14H16N4O4/c1-3-7-22-13(19)9-5-4-6-10(8-9)18-12(15)11(16-17-18)14(20)21-2/h4-6,8H,3,7,15H2,1-2H3. The van der Waals surface area contributed by atoms with E-state index in [1.54, 1.807) is 24.3 Å². The SMILES string of the molecule is CCCOC(=O)c1cccc(-n2nnc(C(=O)OC)c2N)c1. The van der Waals surface area contributed by atoms with Gasteiger partial charge in [0.05, 0.1) is 25.0 Å². The van der Waals surface area contributed by atoms with Gasteiger partial charge >= 0.3 is 11.9 Å². The first kappa shape index (κ1) is 15.5. The van der Waals surface area contributed by atoms with Crippen LogP contribution in [0.3, 0.4) is 0 Å². The van der Waals surface area contributed by atoms with Gasteiger partial charge in [0, 0.05) is 0 Å². The van der Waals surface area contributed by atoms with Crippen LogP contribution in [0.2, 0.25) is 0 Å². The summed E-state index contributed by atoms with van der Waals surface area (Å²) in [6.45, 7) is 2.26. The fourth-order valence-corrected chi connectivity index (χ4v) is 1.76. The Balaban J connectivity index is 2.32. The lowest BCUT2D eigenvalue weighted by Gasteiger charge is -2.06. The van der Waals surface area contributed by atoms with Crippen LogP contribution in [0.4, 0.5) is 5.82 Å². The lowest BCUT2D eigenvalue weighted by molar-refractivity contribution is 0.0504. The molecule has 22 heavy (non-hydrogen) atoms. The Morgan fingerprint density at radius 3 is 2.77 bits per heavy atom. The number of benzene rings is 1. The van der Waals surface area contributed by atoms with Crippen LogP contribution in [0.5, 0.6) is 0 Å². The summed E-state index contributed by atoms with van der Waals surface area (Å²) in [5.74, 6) is -1.08. The summed E-state index contributed by atoms with van der Waals surface area (Å²) < 4.78 is 10.9. The molecule has 0 aliphatic rings. The van der Waals surface area contributed by atoms with E-state index in [0.29, 0.717) is 17.9 Å². The number of ether oxygens (including phenoxy) is 2. The van der Waals surface area contributed by atoms with Gasteiger partial charge in [0.2, 0.25) is 5.69 Å². The molecule has 0 saturated carbocycles. The second-order valence-corrected chi connectivity index (χ2v) is 4.41. The molecule has 8 heteroatoms. The highest BCUT2D eigenvalue weighted by Gasteiger charge is 2.19. The van der Waals surface area contributed by atoms with Gasteiger partial charge in [-0.25, -0.2) is 9.59 Å². The highest BCUT2D eigenvalue weighted by molar-refractivity contribution is 5.92. The van der Waals surface area contributed by atoms with Crippen molar-refractivity contribution in [2.45, 2.75) is 13.3 Å². The number of aromatic nitrogens is 3. The number of hydrogen-bond donors (Lipinski definition) is 1. The maximum absolute atomic E-state index is 11.9. The van der Waals surface area contributed by atoms with Crippen molar-refractivity contribution in [3.05, 3.63) is 35.5 Å². The molecule has 0 unspecified atom stereocenters. The largest absolute Gasteiger partial charge is 0.464 e. The van der Waals surface area contributed by atoms with E-state index < -0.39 is 11.9 Å². The maximum Gasteiger partial charge on any atom is 0.362 e. The van der Waals surface area contributed by atoms with Gasteiger partial charge in [-0.2, -0.15) is 4.68 Å². The molecular formula is C14H16N4O4. The molecule has 116 valence electrons. The van der Waals surface area contributed by atoms with Gasteiger partial charge in [-0.1, -0.05) is 18.2 Å². The number of rotatable bonds is 5. The molecule has 0 aliphatic carbocycles. The number of nitrogens with zero attached hydrogens (tertiary/aromatic N) is 3. The zero-order chi connectivity index (χ0) is 16.1. The van der Waals surface area contributed by atoms with Crippen LogP contribution in [0.25, 0.3) is 5.69 Å². The van der Waals surface area contributed by atoms with E-state index in [-0.39, 0.29) is 11.5 Å². The van der Waals surface area contributed by atoms with Crippen molar-refractivity contribution in [1.29, 1.82) is 0 Å². The number of methoxy groups -OCH3 is 1. The first-order valence-electron chi connectivity index (χ1n) is 6.65. The molecule has 1 aromatic heterocycles. The molecule has 0 fully saturated rings. The van der Waals surface area contributed by atoms with Crippen molar-refractivity contribution in [3.8, 4) is 5.69 Å². The Labute approximate surface area is 126 Å². The highest BCUT2D eigenvalue weighted by atomic mass is 16.5. The van der Waals surface area contributed by atoms with E-state index in [9.17, 15) is 9.59 Å². The Morgan fingerprint density at radius 1 is 1.32 bits per heavy atom. The minimum Gasteiger partial charge on any atom is -0.464 e. The zero-order valence-corrected chi connectivity index (χ0v) is 12.3. The average Bonchev–Trinajstić information content (AvgIpc) is 2.93. The number of anilines is 1. The van der Waals surface area contributed by atoms with E-state index in [2.05, 4.69) is 15.0 Å². The van der Waals surface area contributed by atoms with Gasteiger partial charge in [-0.3, -0.25) is 0 Å². The summed E-state index contributed by atoms with van der Waals surface area (Å²) in [4.78, 5) is 23.3. The molecule has 2 N–H and O–H groups in total. The molecule has 0 saturated heterocycles. The Morgan fingerprint density at radius 2 is 2.09 bits per heavy atom. The maximum atomic E-state index is 11.9. The third kappa shape index (κ3) is 3.05. The summed E-state index contributed by atoms with van der Waals surface area (Å²) >= 11 is 0. The van der Waals surface area contributed by atoms with E-state index in [4.69, 9.17) is 10.5 Å². The predicted octanol–water partition coefficient (Wildman–Crippen LogP) is 1.20. The fourth-order valence-electron chi connectivity index (χ4n) is 1.76. The van der Waals surface area contributed by atoms with Crippen molar-refractivity contribution in [2.75, 3.05) is 19.5 Å². The van der Waals surface area contributed by atoms with Gasteiger partial charge in [-0.15, -0.1) is 5.10 Å². The molecule has 1 aromatic carbocycles. The van der Waals surface area contributed by atoms with E-state index in [0.717, 1.165) is 6.42 Å². The van der Waals surface area contributed by atoms with Crippen molar-refractivity contribution in [2.24, 2.45) is 0 Å². The number of hydrogen-bond acceptors (Lipinski definition) is 7. The Bertz CT molecular complexity index is 696. The minimum atomic E-state index is -0.678. The highest BCUT2D eigenvalue weighted by Crippen LogP contribution is 2.17. The zero-order valence-electron chi connectivity index (χ0n) is 12.3. The van der Waals surface area contributed by atoms with Crippen LogP contribution in [-0.2, 0) is 9.47 Å². The second kappa shape index (κ2) is 6.70. The number of carbonyl (C=O) groups is 2. The van der Waals surface area contributed by atoms with Crippen molar-refractivity contribution >= 4 is 17.8 Å². The summed E-state index contributed by atoms with van der Waals surface area (Å²) in [6.07, 6.45) is 0.740. The van der Waals surface area contributed by atoms with Gasteiger partial charge in [0.15, 0.2) is 5.82 Å². The van der Waals surface area contributed by atoms with E-state index in [1.807, 2.05) is 6.92 Å². The number of nitrogen functional groups attached to an aromatic ring is 1. The topological polar surface area (TPSA) is 109 Å². The smallest absolute Gasteiger partial charge is 0.362 e.